The van der Waals surface area contributed by atoms with Gasteiger partial charge in [0.1, 0.15) is 0 Å². The molecule has 0 aliphatic carbocycles. The molecule has 1 saturated heterocycles. The van der Waals surface area contributed by atoms with Gasteiger partial charge in [0.25, 0.3) is 5.91 Å². The van der Waals surface area contributed by atoms with Crippen molar-refractivity contribution in [3.63, 3.8) is 0 Å². The van der Waals surface area contributed by atoms with E-state index >= 15 is 0 Å². The number of hydrogen-bond acceptors (Lipinski definition) is 3. The van der Waals surface area contributed by atoms with Crippen molar-refractivity contribution in [1.29, 1.82) is 0 Å². The van der Waals surface area contributed by atoms with Crippen LogP contribution >= 0.6 is 0 Å². The molecule has 2 atom stereocenters. The lowest BCUT2D eigenvalue weighted by Crippen LogP contribution is -2.48. The van der Waals surface area contributed by atoms with Gasteiger partial charge in [-0.25, -0.2) is 0 Å². The molecule has 21 heavy (non-hydrogen) atoms. The predicted molar refractivity (Wildman–Crippen MR) is 81.9 cm³/mol. The van der Waals surface area contributed by atoms with Gasteiger partial charge in [-0.2, -0.15) is 0 Å². The number of carbonyl (C=O) groups excluding carboxylic acids is 2. The summed E-state index contributed by atoms with van der Waals surface area (Å²) in [5.74, 6) is 0.360. The van der Waals surface area contributed by atoms with Crippen LogP contribution in [0.2, 0.25) is 0 Å². The average molecular weight is 289 g/mol. The van der Waals surface area contributed by atoms with E-state index in [1.807, 2.05) is 12.1 Å². The second kappa shape index (κ2) is 7.22. The van der Waals surface area contributed by atoms with Gasteiger partial charge in [0.2, 0.25) is 5.91 Å². The molecule has 2 rings (SSSR count). The van der Waals surface area contributed by atoms with E-state index in [2.05, 4.69) is 22.9 Å². The van der Waals surface area contributed by atoms with Crippen LogP contribution in [0.15, 0.2) is 24.3 Å². The van der Waals surface area contributed by atoms with Crippen LogP contribution in [0.25, 0.3) is 0 Å². The SMILES string of the molecule is CC(=O)NCc1ccc(C(=O)NC2CCNCC2C)cc1. The molecule has 1 aromatic carbocycles. The summed E-state index contributed by atoms with van der Waals surface area (Å²) in [6.07, 6.45) is 0.966. The molecule has 0 aromatic heterocycles. The average Bonchev–Trinajstić information content (AvgIpc) is 2.48. The van der Waals surface area contributed by atoms with E-state index in [0.29, 0.717) is 18.0 Å². The molecule has 0 saturated carbocycles. The van der Waals surface area contributed by atoms with Gasteiger partial charge in [-0.05, 0) is 43.1 Å². The fraction of sp³-hybridized carbons (Fsp3) is 0.500. The van der Waals surface area contributed by atoms with Crippen LogP contribution < -0.4 is 16.0 Å². The van der Waals surface area contributed by atoms with Gasteiger partial charge in [-0.3, -0.25) is 9.59 Å². The first-order valence-corrected chi connectivity index (χ1v) is 7.41. The van der Waals surface area contributed by atoms with E-state index in [9.17, 15) is 9.59 Å². The maximum atomic E-state index is 12.2. The van der Waals surface area contributed by atoms with E-state index in [1.54, 1.807) is 12.1 Å². The first-order valence-electron chi connectivity index (χ1n) is 7.41. The fourth-order valence-corrected chi connectivity index (χ4v) is 2.48. The number of rotatable bonds is 4. The second-order valence-electron chi connectivity index (χ2n) is 5.66. The Labute approximate surface area is 125 Å². The van der Waals surface area contributed by atoms with E-state index in [0.717, 1.165) is 25.1 Å². The van der Waals surface area contributed by atoms with E-state index in [-0.39, 0.29) is 17.9 Å². The van der Waals surface area contributed by atoms with Crippen molar-refractivity contribution in [1.82, 2.24) is 16.0 Å². The number of carbonyl (C=O) groups is 2. The van der Waals surface area contributed by atoms with Crippen molar-refractivity contribution in [2.24, 2.45) is 5.92 Å². The van der Waals surface area contributed by atoms with Crippen molar-refractivity contribution in [3.05, 3.63) is 35.4 Å². The third kappa shape index (κ3) is 4.56. The highest BCUT2D eigenvalue weighted by molar-refractivity contribution is 5.94. The van der Waals surface area contributed by atoms with Crippen LogP contribution in [0, 0.1) is 5.92 Å². The first kappa shape index (κ1) is 15.5. The van der Waals surface area contributed by atoms with Gasteiger partial charge < -0.3 is 16.0 Å². The molecule has 2 amide bonds. The van der Waals surface area contributed by atoms with Crippen molar-refractivity contribution in [2.45, 2.75) is 32.9 Å². The second-order valence-corrected chi connectivity index (χ2v) is 5.66. The van der Waals surface area contributed by atoms with Gasteiger partial charge >= 0.3 is 0 Å². The largest absolute Gasteiger partial charge is 0.352 e. The maximum absolute atomic E-state index is 12.2. The summed E-state index contributed by atoms with van der Waals surface area (Å²) in [7, 11) is 0. The summed E-state index contributed by atoms with van der Waals surface area (Å²) in [6.45, 7) is 6.02. The molecule has 5 heteroatoms. The zero-order chi connectivity index (χ0) is 15.2. The quantitative estimate of drug-likeness (QED) is 0.776. The molecule has 0 bridgehead atoms. The predicted octanol–water partition coefficient (Wildman–Crippen LogP) is 1.05. The minimum absolute atomic E-state index is 0.0279. The highest BCUT2D eigenvalue weighted by Crippen LogP contribution is 2.12. The molecule has 5 nitrogen and oxygen atoms in total. The van der Waals surface area contributed by atoms with Crippen LogP contribution in [-0.4, -0.2) is 30.9 Å². The summed E-state index contributed by atoms with van der Waals surface area (Å²) in [4.78, 5) is 23.1. The lowest BCUT2D eigenvalue weighted by atomic mass is 9.95. The molecule has 3 N–H and O–H groups in total. The van der Waals surface area contributed by atoms with E-state index < -0.39 is 0 Å². The molecule has 2 unspecified atom stereocenters. The summed E-state index contributed by atoms with van der Waals surface area (Å²) >= 11 is 0. The Balaban J connectivity index is 1.91. The number of benzene rings is 1. The molecule has 1 fully saturated rings. The van der Waals surface area contributed by atoms with Crippen LogP contribution in [0.4, 0.5) is 0 Å². The molecule has 1 aromatic rings. The summed E-state index contributed by atoms with van der Waals surface area (Å²) in [6, 6.07) is 7.59. The van der Waals surface area contributed by atoms with Crippen molar-refractivity contribution in [3.8, 4) is 0 Å². The van der Waals surface area contributed by atoms with E-state index in [1.165, 1.54) is 6.92 Å². The summed E-state index contributed by atoms with van der Waals surface area (Å²) in [5, 5.41) is 9.16. The Morgan fingerprint density at radius 2 is 2.00 bits per heavy atom. The lowest BCUT2D eigenvalue weighted by molar-refractivity contribution is -0.119. The van der Waals surface area contributed by atoms with E-state index in [4.69, 9.17) is 0 Å². The normalized spacial score (nSPS) is 21.6. The van der Waals surface area contributed by atoms with Gasteiger partial charge in [-0.15, -0.1) is 0 Å². The smallest absolute Gasteiger partial charge is 0.251 e. The Morgan fingerprint density at radius 1 is 1.29 bits per heavy atom. The Hall–Kier alpha value is -1.88. The number of amides is 2. The zero-order valence-electron chi connectivity index (χ0n) is 12.6. The molecule has 114 valence electrons. The Kier molecular flexibility index (Phi) is 5.33. The number of nitrogens with one attached hydrogen (secondary N) is 3. The Bertz CT molecular complexity index is 499. The van der Waals surface area contributed by atoms with Crippen molar-refractivity contribution >= 4 is 11.8 Å². The fourth-order valence-electron chi connectivity index (χ4n) is 2.48. The minimum atomic E-state index is -0.0586. The van der Waals surface area contributed by atoms with Gasteiger partial charge in [0.15, 0.2) is 0 Å². The van der Waals surface area contributed by atoms with Crippen LogP contribution in [0.1, 0.15) is 36.2 Å². The van der Waals surface area contributed by atoms with Crippen molar-refractivity contribution < 1.29 is 9.59 Å². The molecule has 1 heterocycles. The Morgan fingerprint density at radius 3 is 2.62 bits per heavy atom. The molecular formula is C16H23N3O2. The standard InChI is InChI=1S/C16H23N3O2/c1-11-9-17-8-7-15(11)19-16(21)14-5-3-13(4-6-14)10-18-12(2)20/h3-6,11,15,17H,7-10H2,1-2H3,(H,18,20)(H,19,21). The minimum Gasteiger partial charge on any atom is -0.352 e. The first-order chi connectivity index (χ1) is 10.1. The molecular weight excluding hydrogens is 266 g/mol. The zero-order valence-corrected chi connectivity index (χ0v) is 12.6. The molecule has 1 aliphatic rings. The number of piperidine rings is 1. The maximum Gasteiger partial charge on any atom is 0.251 e. The topological polar surface area (TPSA) is 70.2 Å². The van der Waals surface area contributed by atoms with Gasteiger partial charge in [0.05, 0.1) is 0 Å². The van der Waals surface area contributed by atoms with Crippen molar-refractivity contribution in [2.75, 3.05) is 13.1 Å². The van der Waals surface area contributed by atoms with Crippen LogP contribution in [0.5, 0.6) is 0 Å². The van der Waals surface area contributed by atoms with Crippen LogP contribution in [0.3, 0.4) is 0 Å². The lowest BCUT2D eigenvalue weighted by Gasteiger charge is -2.30. The van der Waals surface area contributed by atoms with Gasteiger partial charge in [-0.1, -0.05) is 19.1 Å². The molecule has 0 radical (unpaired) electrons. The monoisotopic (exact) mass is 289 g/mol. The molecule has 1 aliphatic heterocycles. The third-order valence-electron chi connectivity index (χ3n) is 3.86. The highest BCUT2D eigenvalue weighted by atomic mass is 16.2. The highest BCUT2D eigenvalue weighted by Gasteiger charge is 2.22. The summed E-state index contributed by atoms with van der Waals surface area (Å²) in [5.41, 5.74) is 1.64. The van der Waals surface area contributed by atoms with Gasteiger partial charge in [0, 0.05) is 25.1 Å². The number of hydrogen-bond donors (Lipinski definition) is 3. The molecule has 0 spiro atoms. The third-order valence-corrected chi connectivity index (χ3v) is 3.86. The summed E-state index contributed by atoms with van der Waals surface area (Å²) < 4.78 is 0. The van der Waals surface area contributed by atoms with Crippen LogP contribution in [-0.2, 0) is 11.3 Å².